The van der Waals surface area contributed by atoms with Crippen LogP contribution in [0.25, 0.3) is 0 Å². The van der Waals surface area contributed by atoms with Crippen molar-refractivity contribution in [2.75, 3.05) is 0 Å². The van der Waals surface area contributed by atoms with Crippen molar-refractivity contribution in [2.45, 2.75) is 91.6 Å². The fraction of sp³-hybridized carbons (Fsp3) is 0.810. The first-order chi connectivity index (χ1) is 14.2. The molecule has 31 heavy (non-hydrogen) atoms. The van der Waals surface area contributed by atoms with E-state index in [1.807, 2.05) is 27.7 Å². The zero-order valence-corrected chi connectivity index (χ0v) is 19.6. The summed E-state index contributed by atoms with van der Waals surface area (Å²) in [5.41, 5.74) is 5.88. The molecular weight excluding hydrogens is 404 g/mol. The highest BCUT2D eigenvalue weighted by molar-refractivity contribution is 5.94. The molecule has 10 nitrogen and oxygen atoms in total. The third kappa shape index (κ3) is 10.6. The maximum atomic E-state index is 12.8. The first-order valence-electron chi connectivity index (χ1n) is 10.7. The van der Waals surface area contributed by atoms with Crippen molar-refractivity contribution in [1.82, 2.24) is 16.0 Å². The van der Waals surface area contributed by atoms with E-state index >= 15 is 0 Å². The second kappa shape index (κ2) is 13.3. The first-order valence-corrected chi connectivity index (χ1v) is 10.7. The Balaban J connectivity index is 5.34. The Morgan fingerprint density at radius 1 is 0.742 bits per heavy atom. The van der Waals surface area contributed by atoms with Crippen molar-refractivity contribution >= 4 is 23.7 Å². The fourth-order valence-electron chi connectivity index (χ4n) is 3.01. The third-order valence-electron chi connectivity index (χ3n) is 4.69. The maximum absolute atomic E-state index is 12.8. The van der Waals surface area contributed by atoms with Crippen molar-refractivity contribution < 1.29 is 29.4 Å². The van der Waals surface area contributed by atoms with E-state index in [2.05, 4.69) is 16.0 Å². The van der Waals surface area contributed by atoms with Gasteiger partial charge < -0.3 is 31.9 Å². The van der Waals surface area contributed by atoms with Gasteiger partial charge in [-0.25, -0.2) is 4.79 Å². The number of carboxylic acid groups (broad SMARTS) is 1. The summed E-state index contributed by atoms with van der Waals surface area (Å²) < 4.78 is 0. The smallest absolute Gasteiger partial charge is 0.326 e. The van der Waals surface area contributed by atoms with Crippen LogP contribution in [-0.4, -0.2) is 64.2 Å². The number of nitrogens with one attached hydrogen (secondary N) is 3. The summed E-state index contributed by atoms with van der Waals surface area (Å²) in [6.07, 6.45) is -0.646. The molecule has 0 aromatic heterocycles. The van der Waals surface area contributed by atoms with E-state index in [0.29, 0.717) is 6.42 Å². The fourth-order valence-corrected chi connectivity index (χ4v) is 3.01. The van der Waals surface area contributed by atoms with Crippen LogP contribution in [0.5, 0.6) is 0 Å². The van der Waals surface area contributed by atoms with E-state index < -0.39 is 54.0 Å². The molecule has 3 amide bonds. The summed E-state index contributed by atoms with van der Waals surface area (Å²) >= 11 is 0. The lowest BCUT2D eigenvalue weighted by atomic mass is 9.99. The van der Waals surface area contributed by atoms with Gasteiger partial charge in [-0.2, -0.15) is 0 Å². The second-order valence-corrected chi connectivity index (χ2v) is 9.22. The number of hydrogen-bond acceptors (Lipinski definition) is 6. The number of aliphatic carboxylic acids is 1. The van der Waals surface area contributed by atoms with Crippen LogP contribution in [0.4, 0.5) is 0 Å². The summed E-state index contributed by atoms with van der Waals surface area (Å²) in [7, 11) is 0. The van der Waals surface area contributed by atoms with Crippen LogP contribution in [-0.2, 0) is 19.2 Å². The molecule has 0 saturated carbocycles. The Morgan fingerprint density at radius 3 is 1.58 bits per heavy atom. The van der Waals surface area contributed by atoms with Crippen molar-refractivity contribution in [3.05, 3.63) is 0 Å². The average molecular weight is 445 g/mol. The Morgan fingerprint density at radius 2 is 1.19 bits per heavy atom. The van der Waals surface area contributed by atoms with Gasteiger partial charge in [-0.1, -0.05) is 41.5 Å². The van der Waals surface area contributed by atoms with Crippen LogP contribution in [0.2, 0.25) is 0 Å². The summed E-state index contributed by atoms with van der Waals surface area (Å²) in [5, 5.41) is 26.7. The molecule has 0 aliphatic carbocycles. The molecule has 0 aromatic carbocycles. The lowest BCUT2D eigenvalue weighted by molar-refractivity contribution is -0.143. The second-order valence-electron chi connectivity index (χ2n) is 9.22. The highest BCUT2D eigenvalue weighted by Gasteiger charge is 2.33. The maximum Gasteiger partial charge on any atom is 0.326 e. The molecule has 0 heterocycles. The normalized spacial score (nSPS) is 16.4. The molecule has 0 aromatic rings. The average Bonchev–Trinajstić information content (AvgIpc) is 2.61. The zero-order valence-electron chi connectivity index (χ0n) is 19.6. The first kappa shape index (κ1) is 28.8. The van der Waals surface area contributed by atoms with Gasteiger partial charge in [0.2, 0.25) is 17.7 Å². The molecule has 10 heteroatoms. The van der Waals surface area contributed by atoms with Gasteiger partial charge in [-0.15, -0.1) is 0 Å². The number of aliphatic hydroxyl groups is 1. The van der Waals surface area contributed by atoms with Gasteiger partial charge >= 0.3 is 5.97 Å². The molecule has 0 fully saturated rings. The molecule has 0 spiro atoms. The van der Waals surface area contributed by atoms with Crippen LogP contribution in [0.15, 0.2) is 0 Å². The Hall–Kier alpha value is -2.20. The van der Waals surface area contributed by atoms with Crippen LogP contribution in [0.1, 0.15) is 61.3 Å². The van der Waals surface area contributed by atoms with E-state index in [1.165, 1.54) is 6.92 Å². The predicted octanol–water partition coefficient (Wildman–Crippen LogP) is -0.0183. The van der Waals surface area contributed by atoms with Gasteiger partial charge in [0.15, 0.2) is 0 Å². The number of carboxylic acids is 1. The number of amides is 3. The highest BCUT2D eigenvalue weighted by atomic mass is 16.4. The molecular formula is C21H40N4O6. The van der Waals surface area contributed by atoms with E-state index in [0.717, 1.165) is 0 Å². The van der Waals surface area contributed by atoms with Crippen LogP contribution >= 0.6 is 0 Å². The minimum Gasteiger partial charge on any atom is -0.480 e. The summed E-state index contributed by atoms with van der Waals surface area (Å²) in [6, 6.07) is -4.30. The largest absolute Gasteiger partial charge is 0.480 e. The Labute approximate surface area is 184 Å². The van der Waals surface area contributed by atoms with Gasteiger partial charge in [0.05, 0.1) is 12.1 Å². The molecule has 0 radical (unpaired) electrons. The van der Waals surface area contributed by atoms with E-state index in [1.54, 1.807) is 13.8 Å². The van der Waals surface area contributed by atoms with Gasteiger partial charge in [0.1, 0.15) is 18.1 Å². The Bertz CT molecular complexity index is 621. The van der Waals surface area contributed by atoms with Gasteiger partial charge in [0.25, 0.3) is 0 Å². The molecule has 5 atom stereocenters. The summed E-state index contributed by atoms with van der Waals surface area (Å²) in [6.45, 7) is 12.2. The zero-order chi connectivity index (χ0) is 24.5. The SMILES string of the molecule is CC(C)CC(N)C(=O)NC(C(=O)NC(C(=O)NC(CC(C)C)C(=O)O)C(C)O)C(C)C. The number of rotatable bonds is 13. The molecule has 0 aliphatic rings. The number of carbonyl (C=O) groups is 4. The molecule has 5 unspecified atom stereocenters. The van der Waals surface area contributed by atoms with E-state index in [4.69, 9.17) is 5.73 Å². The molecule has 7 N–H and O–H groups in total. The van der Waals surface area contributed by atoms with Crippen molar-refractivity contribution in [3.8, 4) is 0 Å². The number of carbonyl (C=O) groups excluding carboxylic acids is 3. The topological polar surface area (TPSA) is 171 Å². The van der Waals surface area contributed by atoms with E-state index in [9.17, 15) is 29.4 Å². The molecule has 0 saturated heterocycles. The number of aliphatic hydroxyl groups excluding tert-OH is 1. The predicted molar refractivity (Wildman–Crippen MR) is 117 cm³/mol. The van der Waals surface area contributed by atoms with Crippen LogP contribution in [0.3, 0.4) is 0 Å². The highest BCUT2D eigenvalue weighted by Crippen LogP contribution is 2.09. The Kier molecular flexibility index (Phi) is 12.3. The summed E-state index contributed by atoms with van der Waals surface area (Å²) in [4.78, 5) is 49.2. The van der Waals surface area contributed by atoms with Crippen LogP contribution in [0, 0.1) is 17.8 Å². The quantitative estimate of drug-likeness (QED) is 0.232. The lowest BCUT2D eigenvalue weighted by Crippen LogP contribution is -2.60. The van der Waals surface area contributed by atoms with Crippen molar-refractivity contribution in [2.24, 2.45) is 23.5 Å². The molecule has 180 valence electrons. The van der Waals surface area contributed by atoms with Crippen molar-refractivity contribution in [1.29, 1.82) is 0 Å². The third-order valence-corrected chi connectivity index (χ3v) is 4.69. The number of nitrogens with two attached hydrogens (primary N) is 1. The van der Waals surface area contributed by atoms with Crippen molar-refractivity contribution in [3.63, 3.8) is 0 Å². The lowest BCUT2D eigenvalue weighted by Gasteiger charge is -2.28. The van der Waals surface area contributed by atoms with Gasteiger partial charge in [0, 0.05) is 0 Å². The standard InChI is InChI=1S/C21H40N4O6/c1-10(2)8-14(22)18(27)24-16(12(5)6)19(28)25-17(13(7)26)20(29)23-15(21(30)31)9-11(3)4/h10-17,26H,8-9,22H2,1-7H3,(H,23,29)(H,24,27)(H,25,28)(H,30,31). The number of hydrogen-bond donors (Lipinski definition) is 6. The minimum absolute atomic E-state index is 0.0107. The van der Waals surface area contributed by atoms with Gasteiger partial charge in [-0.3, -0.25) is 14.4 Å². The summed E-state index contributed by atoms with van der Waals surface area (Å²) in [5.74, 6) is -3.29. The molecule has 0 aliphatic heterocycles. The van der Waals surface area contributed by atoms with E-state index in [-0.39, 0.29) is 24.2 Å². The minimum atomic E-state index is -1.39. The molecule has 0 rings (SSSR count). The van der Waals surface area contributed by atoms with Crippen LogP contribution < -0.4 is 21.7 Å². The monoisotopic (exact) mass is 444 g/mol. The van der Waals surface area contributed by atoms with Gasteiger partial charge in [-0.05, 0) is 37.5 Å². The molecule has 0 bridgehead atoms.